The maximum absolute atomic E-state index is 14.4. The highest BCUT2D eigenvalue weighted by molar-refractivity contribution is 6.05. The molecule has 3 amide bonds. The molecule has 0 aliphatic carbocycles. The van der Waals surface area contributed by atoms with E-state index in [1.54, 1.807) is 6.92 Å². The van der Waals surface area contributed by atoms with E-state index in [0.29, 0.717) is 6.42 Å². The first-order valence-corrected chi connectivity index (χ1v) is 8.39. The van der Waals surface area contributed by atoms with E-state index in [2.05, 4.69) is 5.32 Å². The molecule has 0 atom stereocenters. The molecule has 1 aliphatic rings. The van der Waals surface area contributed by atoms with Gasteiger partial charge in [0.05, 0.1) is 0 Å². The van der Waals surface area contributed by atoms with Crippen LogP contribution in [0, 0.1) is 11.6 Å². The van der Waals surface area contributed by atoms with E-state index < -0.39 is 29.4 Å². The molecule has 7 nitrogen and oxygen atoms in total. The van der Waals surface area contributed by atoms with E-state index in [-0.39, 0.29) is 41.5 Å². The Kier molecular flexibility index (Phi) is 5.25. The van der Waals surface area contributed by atoms with Crippen molar-refractivity contribution in [3.05, 3.63) is 53.1 Å². The minimum atomic E-state index is -0.932. The van der Waals surface area contributed by atoms with Crippen LogP contribution in [0.4, 0.5) is 8.78 Å². The first-order valence-electron chi connectivity index (χ1n) is 8.39. The number of rotatable bonds is 4. The summed E-state index contributed by atoms with van der Waals surface area (Å²) in [6.07, 6.45) is 0.363. The fraction of sp³-hybridized carbons (Fsp3) is 0.211. The van der Waals surface area contributed by atoms with E-state index in [1.165, 1.54) is 12.1 Å². The van der Waals surface area contributed by atoms with E-state index in [9.17, 15) is 28.3 Å². The van der Waals surface area contributed by atoms with Crippen LogP contribution in [0.3, 0.4) is 0 Å². The summed E-state index contributed by atoms with van der Waals surface area (Å²) >= 11 is 0. The summed E-state index contributed by atoms with van der Waals surface area (Å²) in [6, 6.07) is 5.40. The molecule has 2 aromatic carbocycles. The van der Waals surface area contributed by atoms with Crippen molar-refractivity contribution in [2.24, 2.45) is 0 Å². The zero-order chi connectivity index (χ0) is 20.4. The number of phenols is 1. The van der Waals surface area contributed by atoms with Crippen LogP contribution in [0.2, 0.25) is 0 Å². The largest absolute Gasteiger partial charge is 0.504 e. The van der Waals surface area contributed by atoms with Gasteiger partial charge in [0.1, 0.15) is 18.9 Å². The number of carbonyl (C=O) groups excluding carboxylic acids is 3. The molecule has 0 bridgehead atoms. The highest BCUT2D eigenvalue weighted by Gasteiger charge is 2.27. The fourth-order valence-electron chi connectivity index (χ4n) is 2.74. The van der Waals surface area contributed by atoms with E-state index in [4.69, 9.17) is 4.74 Å². The molecule has 0 saturated carbocycles. The lowest BCUT2D eigenvalue weighted by Crippen LogP contribution is -2.53. The van der Waals surface area contributed by atoms with Gasteiger partial charge in [-0.1, -0.05) is 6.92 Å². The third-order valence-electron chi connectivity index (χ3n) is 4.14. The van der Waals surface area contributed by atoms with E-state index in [1.807, 2.05) is 0 Å². The molecule has 0 radical (unpaired) electrons. The second-order valence-corrected chi connectivity index (χ2v) is 6.14. The number of hydrogen-bond donors (Lipinski definition) is 2. The summed E-state index contributed by atoms with van der Waals surface area (Å²) in [5, 5.41) is 12.0. The van der Waals surface area contributed by atoms with Crippen LogP contribution in [0.15, 0.2) is 30.3 Å². The predicted molar refractivity (Wildman–Crippen MR) is 93.0 cm³/mol. The van der Waals surface area contributed by atoms with Crippen LogP contribution in [0.25, 0.3) is 0 Å². The van der Waals surface area contributed by atoms with Gasteiger partial charge >= 0.3 is 0 Å². The molecule has 1 heterocycles. The van der Waals surface area contributed by atoms with Crippen molar-refractivity contribution in [1.82, 2.24) is 10.2 Å². The number of carbonyl (C=O) groups is 3. The number of amides is 3. The van der Waals surface area contributed by atoms with Gasteiger partial charge in [-0.2, -0.15) is 0 Å². The van der Waals surface area contributed by atoms with Gasteiger partial charge in [0.2, 0.25) is 11.8 Å². The third kappa shape index (κ3) is 3.93. The Hall–Kier alpha value is -3.49. The zero-order valence-corrected chi connectivity index (χ0v) is 14.8. The maximum Gasteiger partial charge on any atom is 0.254 e. The SMILES string of the molecule is CCc1cc(O)c(Oc2ccc(C(=O)N3CC(=O)NC(=O)C3)cc2F)cc1F. The Bertz CT molecular complexity index is 961. The number of phenolic OH excluding ortho intramolecular Hbond substituents is 1. The van der Waals surface area contributed by atoms with Gasteiger partial charge < -0.3 is 14.7 Å². The van der Waals surface area contributed by atoms with Crippen LogP contribution in [0.5, 0.6) is 17.2 Å². The van der Waals surface area contributed by atoms with Crippen LogP contribution in [-0.4, -0.2) is 40.8 Å². The lowest BCUT2D eigenvalue weighted by molar-refractivity contribution is -0.135. The van der Waals surface area contributed by atoms with E-state index >= 15 is 0 Å². The number of aromatic hydroxyl groups is 1. The number of hydrogen-bond acceptors (Lipinski definition) is 5. The number of nitrogens with one attached hydrogen (secondary N) is 1. The summed E-state index contributed by atoms with van der Waals surface area (Å²) in [6.45, 7) is 1.08. The summed E-state index contributed by atoms with van der Waals surface area (Å²) < 4.78 is 33.5. The molecular formula is C19H16F2N2O5. The molecule has 2 N–H and O–H groups in total. The van der Waals surface area contributed by atoms with Crippen molar-refractivity contribution in [2.45, 2.75) is 13.3 Å². The van der Waals surface area contributed by atoms with Crippen molar-refractivity contribution in [1.29, 1.82) is 0 Å². The quantitative estimate of drug-likeness (QED) is 0.780. The maximum atomic E-state index is 14.4. The summed E-state index contributed by atoms with van der Waals surface area (Å²) in [7, 11) is 0. The number of benzene rings is 2. The number of nitrogens with zero attached hydrogens (tertiary/aromatic N) is 1. The highest BCUT2D eigenvalue weighted by atomic mass is 19.1. The molecule has 1 saturated heterocycles. The molecule has 3 rings (SSSR count). The number of ether oxygens (including phenoxy) is 1. The number of aryl methyl sites for hydroxylation is 1. The van der Waals surface area contributed by atoms with Crippen molar-refractivity contribution in [3.63, 3.8) is 0 Å². The van der Waals surface area contributed by atoms with Gasteiger partial charge in [-0.25, -0.2) is 8.78 Å². The smallest absolute Gasteiger partial charge is 0.254 e. The lowest BCUT2D eigenvalue weighted by atomic mass is 10.1. The molecule has 1 aliphatic heterocycles. The van der Waals surface area contributed by atoms with Crippen LogP contribution in [0.1, 0.15) is 22.8 Å². The Morgan fingerprint density at radius 3 is 2.39 bits per heavy atom. The van der Waals surface area contributed by atoms with Crippen LogP contribution < -0.4 is 10.1 Å². The average molecular weight is 390 g/mol. The van der Waals surface area contributed by atoms with Gasteiger partial charge in [-0.3, -0.25) is 19.7 Å². The molecule has 9 heteroatoms. The summed E-state index contributed by atoms with van der Waals surface area (Å²) in [5.74, 6) is -4.44. The van der Waals surface area contributed by atoms with Crippen molar-refractivity contribution in [3.8, 4) is 17.2 Å². The summed E-state index contributed by atoms with van der Waals surface area (Å²) in [5.41, 5.74) is 0.190. The fourth-order valence-corrected chi connectivity index (χ4v) is 2.74. The van der Waals surface area contributed by atoms with Crippen molar-refractivity contribution in [2.75, 3.05) is 13.1 Å². The Morgan fingerprint density at radius 1 is 1.11 bits per heavy atom. The van der Waals surface area contributed by atoms with Gasteiger partial charge in [-0.05, 0) is 36.2 Å². The molecule has 0 aromatic heterocycles. The number of piperazine rings is 1. The van der Waals surface area contributed by atoms with Gasteiger partial charge in [-0.15, -0.1) is 0 Å². The average Bonchev–Trinajstić information content (AvgIpc) is 2.64. The van der Waals surface area contributed by atoms with Crippen molar-refractivity contribution < 1.29 is 33.0 Å². The summed E-state index contributed by atoms with van der Waals surface area (Å²) in [4.78, 5) is 36.1. The Morgan fingerprint density at radius 2 is 1.79 bits per heavy atom. The van der Waals surface area contributed by atoms with Crippen LogP contribution >= 0.6 is 0 Å². The number of halogens is 2. The van der Waals surface area contributed by atoms with Crippen molar-refractivity contribution >= 4 is 17.7 Å². The molecule has 0 spiro atoms. The number of imide groups is 1. The topological polar surface area (TPSA) is 95.9 Å². The standard InChI is InChI=1S/C19H16F2N2O5/c1-2-10-6-14(24)16(7-12(10)20)28-15-4-3-11(5-13(15)21)19(27)23-8-17(25)22-18(26)9-23/h3-7,24H,2,8-9H2,1H3,(H,22,25,26). The molecule has 0 unspecified atom stereocenters. The minimum absolute atomic E-state index is 0.0934. The van der Waals surface area contributed by atoms with E-state index in [0.717, 1.165) is 23.1 Å². The highest BCUT2D eigenvalue weighted by Crippen LogP contribution is 2.34. The van der Waals surface area contributed by atoms with Crippen LogP contribution in [-0.2, 0) is 16.0 Å². The molecule has 146 valence electrons. The zero-order valence-electron chi connectivity index (χ0n) is 14.8. The van der Waals surface area contributed by atoms with Gasteiger partial charge in [0.15, 0.2) is 23.1 Å². The first kappa shape index (κ1) is 19.3. The molecular weight excluding hydrogens is 374 g/mol. The van der Waals surface area contributed by atoms with Gasteiger partial charge in [0, 0.05) is 11.6 Å². The second kappa shape index (κ2) is 7.63. The Balaban J connectivity index is 1.81. The second-order valence-electron chi connectivity index (χ2n) is 6.14. The Labute approximate surface area is 158 Å². The first-order chi connectivity index (χ1) is 13.3. The predicted octanol–water partition coefficient (Wildman–Crippen LogP) is 2.12. The molecule has 2 aromatic rings. The lowest BCUT2D eigenvalue weighted by Gasteiger charge is -2.25. The monoisotopic (exact) mass is 390 g/mol. The van der Waals surface area contributed by atoms with Gasteiger partial charge in [0.25, 0.3) is 5.91 Å². The molecule has 1 fully saturated rings. The normalized spacial score (nSPS) is 14.0. The third-order valence-corrected chi connectivity index (χ3v) is 4.14. The molecule has 28 heavy (non-hydrogen) atoms. The minimum Gasteiger partial charge on any atom is -0.504 e.